The molecule has 8 nitrogen and oxygen atoms in total. The fourth-order valence-electron chi connectivity index (χ4n) is 2.31. The van der Waals surface area contributed by atoms with Gasteiger partial charge in [0.25, 0.3) is 5.91 Å². The summed E-state index contributed by atoms with van der Waals surface area (Å²) in [7, 11) is -0.845. The highest BCUT2D eigenvalue weighted by Crippen LogP contribution is 2.32. The molecule has 0 unspecified atom stereocenters. The standard InChI is InChI=1S/C18H20ClN3O5S/c1-26-15-6-4-5-13(9-15)11-20-21-18(23)12-22(28(3,24)25)16-10-14(19)7-8-17(16)27-2/h4-11H,12H2,1-3H3,(H,21,23)/b20-11-. The Morgan fingerprint density at radius 2 is 1.96 bits per heavy atom. The summed E-state index contributed by atoms with van der Waals surface area (Å²) in [5.41, 5.74) is 3.16. The van der Waals surface area contributed by atoms with Crippen LogP contribution in [-0.4, -0.2) is 47.6 Å². The minimum atomic E-state index is -3.78. The second-order valence-corrected chi connectivity index (χ2v) is 8.00. The molecule has 0 aliphatic rings. The Balaban J connectivity index is 2.16. The van der Waals surface area contributed by atoms with Gasteiger partial charge in [0, 0.05) is 5.02 Å². The third-order valence-electron chi connectivity index (χ3n) is 3.59. The van der Waals surface area contributed by atoms with E-state index in [1.807, 2.05) is 0 Å². The zero-order valence-electron chi connectivity index (χ0n) is 15.5. The molecule has 0 aromatic heterocycles. The van der Waals surface area contributed by atoms with Crippen LogP contribution in [0.1, 0.15) is 5.56 Å². The van der Waals surface area contributed by atoms with E-state index in [1.54, 1.807) is 37.4 Å². The number of hydrazone groups is 1. The summed E-state index contributed by atoms with van der Waals surface area (Å²) in [6.45, 7) is -0.495. The van der Waals surface area contributed by atoms with E-state index in [1.165, 1.54) is 25.5 Å². The normalized spacial score (nSPS) is 11.3. The van der Waals surface area contributed by atoms with Crippen molar-refractivity contribution in [3.63, 3.8) is 0 Å². The van der Waals surface area contributed by atoms with Crippen molar-refractivity contribution in [2.75, 3.05) is 31.3 Å². The van der Waals surface area contributed by atoms with E-state index in [9.17, 15) is 13.2 Å². The van der Waals surface area contributed by atoms with E-state index in [0.717, 1.165) is 10.6 Å². The lowest BCUT2D eigenvalue weighted by Gasteiger charge is -2.23. The molecule has 2 aromatic rings. The Labute approximate surface area is 168 Å². The monoisotopic (exact) mass is 425 g/mol. The Morgan fingerprint density at radius 3 is 2.61 bits per heavy atom. The lowest BCUT2D eigenvalue weighted by molar-refractivity contribution is -0.119. The van der Waals surface area contributed by atoms with Crippen LogP contribution in [0.15, 0.2) is 47.6 Å². The average Bonchev–Trinajstić information content (AvgIpc) is 2.65. The Bertz CT molecular complexity index is 979. The van der Waals surface area contributed by atoms with Gasteiger partial charge in [0.05, 0.1) is 32.4 Å². The maximum absolute atomic E-state index is 12.2. The van der Waals surface area contributed by atoms with Gasteiger partial charge in [0.2, 0.25) is 10.0 Å². The van der Waals surface area contributed by atoms with Crippen molar-refractivity contribution in [2.45, 2.75) is 0 Å². The maximum Gasteiger partial charge on any atom is 0.260 e. The van der Waals surface area contributed by atoms with E-state index >= 15 is 0 Å². The van der Waals surface area contributed by atoms with Crippen LogP contribution in [0.4, 0.5) is 5.69 Å². The number of carbonyl (C=O) groups excluding carboxylic acids is 1. The van der Waals surface area contributed by atoms with Crippen LogP contribution in [-0.2, 0) is 14.8 Å². The first-order valence-corrected chi connectivity index (χ1v) is 10.2. The van der Waals surface area contributed by atoms with Crippen molar-refractivity contribution < 1.29 is 22.7 Å². The molecule has 150 valence electrons. The maximum atomic E-state index is 12.2. The lowest BCUT2D eigenvalue weighted by atomic mass is 10.2. The number of nitrogens with zero attached hydrogens (tertiary/aromatic N) is 2. The molecule has 1 amide bonds. The molecule has 1 N–H and O–H groups in total. The highest BCUT2D eigenvalue weighted by Gasteiger charge is 2.24. The first-order chi connectivity index (χ1) is 13.2. The number of nitrogens with one attached hydrogen (secondary N) is 1. The largest absolute Gasteiger partial charge is 0.497 e. The topological polar surface area (TPSA) is 97.3 Å². The number of carbonyl (C=O) groups is 1. The lowest BCUT2D eigenvalue weighted by Crippen LogP contribution is -2.39. The third-order valence-corrected chi connectivity index (χ3v) is 4.96. The Kier molecular flexibility index (Phi) is 7.24. The number of methoxy groups -OCH3 is 2. The first-order valence-electron chi connectivity index (χ1n) is 8.02. The number of ether oxygens (including phenoxy) is 2. The summed E-state index contributed by atoms with van der Waals surface area (Å²) in [4.78, 5) is 12.2. The fraction of sp³-hybridized carbons (Fsp3) is 0.222. The quantitative estimate of drug-likeness (QED) is 0.517. The third kappa shape index (κ3) is 5.86. The molecule has 0 aliphatic carbocycles. The molecule has 0 radical (unpaired) electrons. The van der Waals surface area contributed by atoms with Crippen LogP contribution >= 0.6 is 11.6 Å². The molecule has 2 rings (SSSR count). The molecule has 0 aliphatic heterocycles. The van der Waals surface area contributed by atoms with Crippen LogP contribution < -0.4 is 19.2 Å². The van der Waals surface area contributed by atoms with Crippen LogP contribution in [0, 0.1) is 0 Å². The molecule has 0 spiro atoms. The number of hydrogen-bond acceptors (Lipinski definition) is 6. The zero-order chi connectivity index (χ0) is 20.7. The number of anilines is 1. The predicted molar refractivity (Wildman–Crippen MR) is 109 cm³/mol. The van der Waals surface area contributed by atoms with Crippen molar-refractivity contribution in [1.29, 1.82) is 0 Å². The van der Waals surface area contributed by atoms with Gasteiger partial charge < -0.3 is 9.47 Å². The van der Waals surface area contributed by atoms with Gasteiger partial charge in [-0.15, -0.1) is 0 Å². The van der Waals surface area contributed by atoms with E-state index in [-0.39, 0.29) is 11.4 Å². The van der Waals surface area contributed by atoms with Crippen molar-refractivity contribution >= 4 is 39.4 Å². The summed E-state index contributed by atoms with van der Waals surface area (Å²) >= 11 is 5.97. The Hall–Kier alpha value is -2.78. The first kappa shape index (κ1) is 21.5. The van der Waals surface area contributed by atoms with Crippen molar-refractivity contribution in [3.8, 4) is 11.5 Å². The molecule has 2 aromatic carbocycles. The summed E-state index contributed by atoms with van der Waals surface area (Å²) in [6, 6.07) is 11.6. The second kappa shape index (κ2) is 9.43. The fourth-order valence-corrected chi connectivity index (χ4v) is 3.32. The predicted octanol–water partition coefficient (Wildman–Crippen LogP) is 2.27. The summed E-state index contributed by atoms with van der Waals surface area (Å²) in [5.74, 6) is 0.278. The van der Waals surface area contributed by atoms with Crippen LogP contribution in [0.3, 0.4) is 0 Å². The highest BCUT2D eigenvalue weighted by molar-refractivity contribution is 7.92. The van der Waals surface area contributed by atoms with Gasteiger partial charge in [-0.25, -0.2) is 13.8 Å². The molecule has 0 saturated carbocycles. The van der Waals surface area contributed by atoms with Crippen molar-refractivity contribution in [1.82, 2.24) is 5.43 Å². The molecule has 0 bridgehead atoms. The molecule has 0 atom stereocenters. The van der Waals surface area contributed by atoms with Gasteiger partial charge >= 0.3 is 0 Å². The molecule has 28 heavy (non-hydrogen) atoms. The van der Waals surface area contributed by atoms with Crippen molar-refractivity contribution in [2.24, 2.45) is 5.10 Å². The molecule has 10 heteroatoms. The van der Waals surface area contributed by atoms with E-state index < -0.39 is 22.5 Å². The van der Waals surface area contributed by atoms with E-state index in [4.69, 9.17) is 21.1 Å². The number of amides is 1. The average molecular weight is 426 g/mol. The summed E-state index contributed by atoms with van der Waals surface area (Å²) < 4.78 is 35.6. The second-order valence-electron chi connectivity index (χ2n) is 5.66. The van der Waals surface area contributed by atoms with Gasteiger partial charge in [-0.05, 0) is 35.9 Å². The minimum Gasteiger partial charge on any atom is -0.497 e. The Morgan fingerprint density at radius 1 is 1.21 bits per heavy atom. The number of hydrogen-bond donors (Lipinski definition) is 1. The summed E-state index contributed by atoms with van der Waals surface area (Å²) in [5, 5.41) is 4.15. The van der Waals surface area contributed by atoms with E-state index in [0.29, 0.717) is 16.3 Å². The summed E-state index contributed by atoms with van der Waals surface area (Å²) in [6.07, 6.45) is 2.41. The van der Waals surface area contributed by atoms with Gasteiger partial charge in [-0.3, -0.25) is 9.10 Å². The number of sulfonamides is 1. The molecule has 0 fully saturated rings. The minimum absolute atomic E-state index is 0.157. The number of rotatable bonds is 8. The zero-order valence-corrected chi connectivity index (χ0v) is 17.1. The van der Waals surface area contributed by atoms with Crippen LogP contribution in [0.25, 0.3) is 0 Å². The van der Waals surface area contributed by atoms with Crippen LogP contribution in [0.5, 0.6) is 11.5 Å². The smallest absolute Gasteiger partial charge is 0.260 e. The molecule has 0 saturated heterocycles. The molecule has 0 heterocycles. The van der Waals surface area contributed by atoms with Gasteiger partial charge in [0.15, 0.2) is 0 Å². The number of benzene rings is 2. The van der Waals surface area contributed by atoms with Gasteiger partial charge in [-0.2, -0.15) is 5.10 Å². The molecular weight excluding hydrogens is 406 g/mol. The van der Waals surface area contributed by atoms with Crippen molar-refractivity contribution in [3.05, 3.63) is 53.1 Å². The van der Waals surface area contributed by atoms with E-state index in [2.05, 4.69) is 10.5 Å². The highest BCUT2D eigenvalue weighted by atomic mass is 35.5. The SMILES string of the molecule is COc1cccc(/C=N\NC(=O)CN(c2cc(Cl)ccc2OC)S(C)(=O)=O)c1. The van der Waals surface area contributed by atoms with Gasteiger partial charge in [0.1, 0.15) is 18.0 Å². The van der Waals surface area contributed by atoms with Gasteiger partial charge in [-0.1, -0.05) is 23.7 Å². The molecular formula is C18H20ClN3O5S. The number of halogens is 1. The van der Waals surface area contributed by atoms with Crippen LogP contribution in [0.2, 0.25) is 5.02 Å².